The van der Waals surface area contributed by atoms with Crippen molar-refractivity contribution in [1.29, 1.82) is 0 Å². The summed E-state index contributed by atoms with van der Waals surface area (Å²) >= 11 is 5.96. The lowest BCUT2D eigenvalue weighted by Gasteiger charge is -2.08. The summed E-state index contributed by atoms with van der Waals surface area (Å²) in [7, 11) is 0. The Balaban J connectivity index is 2.06. The van der Waals surface area contributed by atoms with Gasteiger partial charge in [-0.2, -0.15) is 0 Å². The fourth-order valence-corrected chi connectivity index (χ4v) is 2.52. The van der Waals surface area contributed by atoms with Crippen LogP contribution in [0, 0.1) is 13.8 Å². The van der Waals surface area contributed by atoms with Crippen LogP contribution < -0.4 is 5.73 Å². The molecule has 22 heavy (non-hydrogen) atoms. The maximum Gasteiger partial charge on any atom is 0.138 e. The first-order valence-corrected chi connectivity index (χ1v) is 7.28. The van der Waals surface area contributed by atoms with Crippen molar-refractivity contribution < 1.29 is 4.52 Å². The van der Waals surface area contributed by atoms with Gasteiger partial charge in [0.15, 0.2) is 0 Å². The van der Waals surface area contributed by atoms with Crippen LogP contribution in [0.1, 0.15) is 22.7 Å². The van der Waals surface area contributed by atoms with Gasteiger partial charge >= 0.3 is 0 Å². The number of nitrogens with two attached hydrogens (primary N) is 1. The lowest BCUT2D eigenvalue weighted by molar-refractivity contribution is 0.391. The number of aryl methyl sites for hydroxylation is 2. The smallest absolute Gasteiger partial charge is 0.138 e. The molecule has 7 heteroatoms. The second-order valence-electron chi connectivity index (χ2n) is 5.06. The van der Waals surface area contributed by atoms with Crippen LogP contribution in [-0.2, 0) is 13.1 Å². The topological polar surface area (TPSA) is 82.8 Å². The standard InChI is InChI=1S/C15H16ClN5O/c1-9-13(10(2)22-19-9)8-21-15(14(7-17)18-20-21)11-3-5-12(16)6-4-11/h3-6H,7-8,17H2,1-2H3. The van der Waals surface area contributed by atoms with E-state index in [1.807, 2.05) is 42.8 Å². The van der Waals surface area contributed by atoms with Crippen LogP contribution in [0.15, 0.2) is 28.8 Å². The Labute approximate surface area is 132 Å². The maximum atomic E-state index is 5.96. The highest BCUT2D eigenvalue weighted by molar-refractivity contribution is 6.30. The van der Waals surface area contributed by atoms with Gasteiger partial charge in [0.25, 0.3) is 0 Å². The molecule has 3 rings (SSSR count). The molecule has 6 nitrogen and oxygen atoms in total. The quantitative estimate of drug-likeness (QED) is 0.800. The molecule has 0 aliphatic carbocycles. The highest BCUT2D eigenvalue weighted by Gasteiger charge is 2.17. The number of halogens is 1. The Morgan fingerprint density at radius 2 is 1.95 bits per heavy atom. The zero-order valence-corrected chi connectivity index (χ0v) is 13.1. The molecule has 0 saturated heterocycles. The summed E-state index contributed by atoms with van der Waals surface area (Å²) < 4.78 is 7.03. The van der Waals surface area contributed by atoms with Crippen LogP contribution in [0.5, 0.6) is 0 Å². The summed E-state index contributed by atoms with van der Waals surface area (Å²) in [6.45, 7) is 4.65. The van der Waals surface area contributed by atoms with Crippen molar-refractivity contribution in [2.75, 3.05) is 0 Å². The van der Waals surface area contributed by atoms with E-state index in [4.69, 9.17) is 21.9 Å². The molecule has 0 aliphatic heterocycles. The molecule has 0 aliphatic rings. The number of benzene rings is 1. The predicted octanol–water partition coefficient (Wildman–Crippen LogP) is 2.71. The van der Waals surface area contributed by atoms with Gasteiger partial charge in [-0.3, -0.25) is 0 Å². The summed E-state index contributed by atoms with van der Waals surface area (Å²) in [5.74, 6) is 0.782. The summed E-state index contributed by atoms with van der Waals surface area (Å²) in [6.07, 6.45) is 0. The van der Waals surface area contributed by atoms with Gasteiger partial charge in [-0.15, -0.1) is 5.10 Å². The molecule has 0 fully saturated rings. The average Bonchev–Trinajstić information content (AvgIpc) is 3.06. The van der Waals surface area contributed by atoms with Gasteiger partial charge in [0.1, 0.15) is 11.5 Å². The van der Waals surface area contributed by atoms with Crippen LogP contribution in [-0.4, -0.2) is 20.2 Å². The molecular weight excluding hydrogens is 302 g/mol. The fourth-order valence-electron chi connectivity index (χ4n) is 2.40. The van der Waals surface area contributed by atoms with Gasteiger partial charge < -0.3 is 10.3 Å². The van der Waals surface area contributed by atoms with E-state index in [2.05, 4.69) is 15.5 Å². The van der Waals surface area contributed by atoms with Crippen molar-refractivity contribution in [3.05, 3.63) is 52.0 Å². The number of rotatable bonds is 4. The number of hydrogen-bond acceptors (Lipinski definition) is 5. The van der Waals surface area contributed by atoms with E-state index in [0.717, 1.165) is 34.0 Å². The summed E-state index contributed by atoms with van der Waals surface area (Å²) in [4.78, 5) is 0. The molecule has 3 aromatic rings. The van der Waals surface area contributed by atoms with Crippen LogP contribution in [0.2, 0.25) is 5.02 Å². The molecule has 114 valence electrons. The van der Waals surface area contributed by atoms with Crippen LogP contribution in [0.4, 0.5) is 0 Å². The minimum absolute atomic E-state index is 0.319. The third-order valence-electron chi connectivity index (χ3n) is 3.60. The minimum Gasteiger partial charge on any atom is -0.361 e. The number of nitrogens with zero attached hydrogens (tertiary/aromatic N) is 4. The van der Waals surface area contributed by atoms with Crippen molar-refractivity contribution in [2.24, 2.45) is 5.73 Å². The molecule has 0 saturated carbocycles. The van der Waals surface area contributed by atoms with Gasteiger partial charge in [0, 0.05) is 22.7 Å². The van der Waals surface area contributed by atoms with E-state index >= 15 is 0 Å². The lowest BCUT2D eigenvalue weighted by Crippen LogP contribution is -2.07. The second-order valence-corrected chi connectivity index (χ2v) is 5.49. The molecule has 0 unspecified atom stereocenters. The third kappa shape index (κ3) is 2.63. The molecular formula is C15H16ClN5O. The molecule has 2 heterocycles. The first kappa shape index (κ1) is 14.7. The third-order valence-corrected chi connectivity index (χ3v) is 3.86. The van der Waals surface area contributed by atoms with E-state index < -0.39 is 0 Å². The first-order chi connectivity index (χ1) is 10.6. The summed E-state index contributed by atoms with van der Waals surface area (Å²) in [6, 6.07) is 7.54. The Morgan fingerprint density at radius 3 is 2.55 bits per heavy atom. The lowest BCUT2D eigenvalue weighted by atomic mass is 10.1. The Hall–Kier alpha value is -2.18. The van der Waals surface area contributed by atoms with E-state index in [-0.39, 0.29) is 0 Å². The van der Waals surface area contributed by atoms with Gasteiger partial charge in [-0.05, 0) is 26.0 Å². The normalized spacial score (nSPS) is 11.1. The molecule has 0 bridgehead atoms. The van der Waals surface area contributed by atoms with Crippen LogP contribution >= 0.6 is 11.6 Å². The molecule has 2 aromatic heterocycles. The molecule has 0 atom stereocenters. The van der Waals surface area contributed by atoms with Gasteiger partial charge in [-0.25, -0.2) is 4.68 Å². The zero-order valence-electron chi connectivity index (χ0n) is 12.4. The van der Waals surface area contributed by atoms with Crippen LogP contribution in [0.3, 0.4) is 0 Å². The zero-order chi connectivity index (χ0) is 15.7. The van der Waals surface area contributed by atoms with Crippen LogP contribution in [0.25, 0.3) is 11.3 Å². The SMILES string of the molecule is Cc1noc(C)c1Cn1nnc(CN)c1-c1ccc(Cl)cc1. The number of hydrogen-bond donors (Lipinski definition) is 1. The predicted molar refractivity (Wildman–Crippen MR) is 83.4 cm³/mol. The molecule has 0 spiro atoms. The Bertz CT molecular complexity index is 771. The van der Waals surface area contributed by atoms with Crippen molar-refractivity contribution in [3.8, 4) is 11.3 Å². The summed E-state index contributed by atoms with van der Waals surface area (Å²) in [5, 5.41) is 13.1. The molecule has 0 amide bonds. The van der Waals surface area contributed by atoms with Crippen molar-refractivity contribution in [1.82, 2.24) is 20.2 Å². The van der Waals surface area contributed by atoms with E-state index in [1.165, 1.54) is 0 Å². The molecule has 0 radical (unpaired) electrons. The van der Waals surface area contributed by atoms with Gasteiger partial charge in [0.05, 0.1) is 17.9 Å². The van der Waals surface area contributed by atoms with Crippen molar-refractivity contribution in [3.63, 3.8) is 0 Å². The fraction of sp³-hybridized carbons (Fsp3) is 0.267. The molecule has 1 aromatic carbocycles. The Morgan fingerprint density at radius 1 is 1.23 bits per heavy atom. The van der Waals surface area contributed by atoms with E-state index in [9.17, 15) is 0 Å². The highest BCUT2D eigenvalue weighted by Crippen LogP contribution is 2.25. The monoisotopic (exact) mass is 317 g/mol. The van der Waals surface area contributed by atoms with Gasteiger partial charge in [0.2, 0.25) is 0 Å². The van der Waals surface area contributed by atoms with Crippen molar-refractivity contribution in [2.45, 2.75) is 26.9 Å². The first-order valence-electron chi connectivity index (χ1n) is 6.90. The van der Waals surface area contributed by atoms with Crippen molar-refractivity contribution >= 4 is 11.6 Å². The Kier molecular flexibility index (Phi) is 3.96. The van der Waals surface area contributed by atoms with Gasteiger partial charge in [-0.1, -0.05) is 34.1 Å². The van der Waals surface area contributed by atoms with E-state index in [1.54, 1.807) is 0 Å². The molecule has 2 N–H and O–H groups in total. The second kappa shape index (κ2) is 5.90. The highest BCUT2D eigenvalue weighted by atomic mass is 35.5. The number of aromatic nitrogens is 4. The van der Waals surface area contributed by atoms with E-state index in [0.29, 0.717) is 18.1 Å². The minimum atomic E-state index is 0.319. The maximum absolute atomic E-state index is 5.96. The average molecular weight is 318 g/mol. The summed E-state index contributed by atoms with van der Waals surface area (Å²) in [5.41, 5.74) is 10.3. The largest absolute Gasteiger partial charge is 0.361 e.